The van der Waals surface area contributed by atoms with Crippen molar-refractivity contribution < 1.29 is 4.74 Å². The zero-order valence-electron chi connectivity index (χ0n) is 14.7. The smallest absolute Gasteiger partial charge is 0.193 e. The second kappa shape index (κ2) is 8.88. The van der Waals surface area contributed by atoms with Crippen LogP contribution in [0, 0.1) is 5.92 Å². The molecule has 0 amide bonds. The SMILES string of the molecule is CN=C(NCCCOCC1CC1)N1CC=C(c2ccccc2)CC1. The Bertz CT molecular complexity index is 564. The first kappa shape index (κ1) is 17.0. The molecular weight excluding hydrogens is 298 g/mol. The Morgan fingerprint density at radius 1 is 1.29 bits per heavy atom. The Morgan fingerprint density at radius 3 is 2.79 bits per heavy atom. The molecule has 0 radical (unpaired) electrons. The zero-order chi connectivity index (χ0) is 16.6. The molecule has 0 aromatic heterocycles. The van der Waals surface area contributed by atoms with Crippen LogP contribution < -0.4 is 5.32 Å². The first-order chi connectivity index (χ1) is 11.9. The maximum Gasteiger partial charge on any atom is 0.193 e. The minimum atomic E-state index is 0.846. The Kier molecular flexibility index (Phi) is 6.30. The fourth-order valence-corrected chi connectivity index (χ4v) is 3.02. The molecule has 0 unspecified atom stereocenters. The minimum Gasteiger partial charge on any atom is -0.381 e. The van der Waals surface area contributed by atoms with E-state index in [1.807, 2.05) is 7.05 Å². The molecule has 0 atom stereocenters. The first-order valence-corrected chi connectivity index (χ1v) is 9.14. The first-order valence-electron chi connectivity index (χ1n) is 9.14. The van der Waals surface area contributed by atoms with Crippen LogP contribution in [0.1, 0.15) is 31.2 Å². The molecule has 0 spiro atoms. The number of nitrogens with one attached hydrogen (secondary N) is 1. The summed E-state index contributed by atoms with van der Waals surface area (Å²) in [4.78, 5) is 6.74. The highest BCUT2D eigenvalue weighted by atomic mass is 16.5. The van der Waals surface area contributed by atoms with Gasteiger partial charge in [-0.15, -0.1) is 0 Å². The summed E-state index contributed by atoms with van der Waals surface area (Å²) < 4.78 is 5.68. The molecule has 1 N–H and O–H groups in total. The molecule has 1 aliphatic carbocycles. The van der Waals surface area contributed by atoms with Crippen LogP contribution in [0.15, 0.2) is 41.4 Å². The fourth-order valence-electron chi connectivity index (χ4n) is 3.02. The number of hydrogen-bond acceptors (Lipinski definition) is 2. The highest BCUT2D eigenvalue weighted by Crippen LogP contribution is 2.28. The van der Waals surface area contributed by atoms with Crippen LogP contribution >= 0.6 is 0 Å². The third-order valence-corrected chi connectivity index (χ3v) is 4.66. The Labute approximate surface area is 145 Å². The molecule has 1 saturated carbocycles. The van der Waals surface area contributed by atoms with Gasteiger partial charge in [-0.1, -0.05) is 36.4 Å². The van der Waals surface area contributed by atoms with E-state index in [4.69, 9.17) is 4.74 Å². The third-order valence-electron chi connectivity index (χ3n) is 4.66. The molecule has 1 aromatic carbocycles. The Balaban J connectivity index is 1.39. The summed E-state index contributed by atoms with van der Waals surface area (Å²) in [5, 5.41) is 3.46. The molecule has 0 saturated heterocycles. The highest BCUT2D eigenvalue weighted by Gasteiger charge is 2.21. The van der Waals surface area contributed by atoms with Gasteiger partial charge in [-0.3, -0.25) is 4.99 Å². The standard InChI is InChI=1S/C20H29N3O/c1-21-20(22-12-5-15-24-16-17-8-9-17)23-13-10-19(11-14-23)18-6-3-2-4-7-18/h2-4,6-7,10,17H,5,8-9,11-16H2,1H3,(H,21,22). The minimum absolute atomic E-state index is 0.846. The average molecular weight is 327 g/mol. The van der Waals surface area contributed by atoms with Crippen molar-refractivity contribution in [3.8, 4) is 0 Å². The largest absolute Gasteiger partial charge is 0.381 e. The number of nitrogens with zero attached hydrogens (tertiary/aromatic N) is 2. The van der Waals surface area contributed by atoms with Gasteiger partial charge in [-0.05, 0) is 42.7 Å². The summed E-state index contributed by atoms with van der Waals surface area (Å²) >= 11 is 0. The van der Waals surface area contributed by atoms with Crippen LogP contribution in [-0.4, -0.2) is 50.8 Å². The molecule has 1 aliphatic heterocycles. The second-order valence-corrected chi connectivity index (χ2v) is 6.64. The van der Waals surface area contributed by atoms with Crippen molar-refractivity contribution in [1.82, 2.24) is 10.2 Å². The lowest BCUT2D eigenvalue weighted by molar-refractivity contribution is 0.122. The van der Waals surface area contributed by atoms with E-state index in [1.165, 1.54) is 24.0 Å². The summed E-state index contributed by atoms with van der Waals surface area (Å²) in [6.45, 7) is 4.65. The topological polar surface area (TPSA) is 36.9 Å². The van der Waals surface area contributed by atoms with Crippen LogP contribution in [0.4, 0.5) is 0 Å². The second-order valence-electron chi connectivity index (χ2n) is 6.64. The van der Waals surface area contributed by atoms with E-state index in [1.54, 1.807) is 0 Å². The number of benzene rings is 1. The molecule has 1 fully saturated rings. The molecule has 3 rings (SSSR count). The molecule has 4 nitrogen and oxygen atoms in total. The Morgan fingerprint density at radius 2 is 2.12 bits per heavy atom. The molecule has 2 aliphatic rings. The summed E-state index contributed by atoms with van der Waals surface area (Å²) in [5.74, 6) is 1.85. The van der Waals surface area contributed by atoms with E-state index < -0.39 is 0 Å². The van der Waals surface area contributed by atoms with Gasteiger partial charge in [0, 0.05) is 39.9 Å². The highest BCUT2D eigenvalue weighted by molar-refractivity contribution is 5.81. The number of hydrogen-bond donors (Lipinski definition) is 1. The lowest BCUT2D eigenvalue weighted by Gasteiger charge is -2.29. The van der Waals surface area contributed by atoms with Crippen LogP contribution in [-0.2, 0) is 4.74 Å². The van der Waals surface area contributed by atoms with Gasteiger partial charge in [0.05, 0.1) is 0 Å². The molecular formula is C20H29N3O. The lowest BCUT2D eigenvalue weighted by Crippen LogP contribution is -2.43. The summed E-state index contributed by atoms with van der Waals surface area (Å²) in [5.41, 5.74) is 2.78. The molecule has 130 valence electrons. The van der Waals surface area contributed by atoms with Crippen molar-refractivity contribution in [3.63, 3.8) is 0 Å². The van der Waals surface area contributed by atoms with Crippen molar-refractivity contribution >= 4 is 11.5 Å². The predicted molar refractivity (Wildman–Crippen MR) is 100 cm³/mol. The van der Waals surface area contributed by atoms with Crippen LogP contribution in [0.2, 0.25) is 0 Å². The van der Waals surface area contributed by atoms with Gasteiger partial charge >= 0.3 is 0 Å². The third kappa shape index (κ3) is 5.10. The molecule has 4 heteroatoms. The van der Waals surface area contributed by atoms with Crippen LogP contribution in [0.3, 0.4) is 0 Å². The van der Waals surface area contributed by atoms with Crippen molar-refractivity contribution in [1.29, 1.82) is 0 Å². The number of ether oxygens (including phenoxy) is 1. The summed E-state index contributed by atoms with van der Waals surface area (Å²) in [7, 11) is 1.86. The Hall–Kier alpha value is -1.81. The number of rotatable bonds is 7. The maximum absolute atomic E-state index is 5.68. The van der Waals surface area contributed by atoms with Gasteiger partial charge in [0.1, 0.15) is 0 Å². The lowest BCUT2D eigenvalue weighted by atomic mass is 10.00. The summed E-state index contributed by atoms with van der Waals surface area (Å²) in [6, 6.07) is 10.7. The van der Waals surface area contributed by atoms with Crippen LogP contribution in [0.5, 0.6) is 0 Å². The van der Waals surface area contributed by atoms with Crippen molar-refractivity contribution in [3.05, 3.63) is 42.0 Å². The average Bonchev–Trinajstić information content (AvgIpc) is 3.47. The van der Waals surface area contributed by atoms with E-state index in [9.17, 15) is 0 Å². The van der Waals surface area contributed by atoms with Gasteiger partial charge < -0.3 is 15.0 Å². The van der Waals surface area contributed by atoms with Crippen molar-refractivity contribution in [2.24, 2.45) is 10.9 Å². The van der Waals surface area contributed by atoms with Gasteiger partial charge in [0.2, 0.25) is 0 Å². The van der Waals surface area contributed by atoms with Crippen molar-refractivity contribution in [2.75, 3.05) is 39.9 Å². The number of guanidine groups is 1. The summed E-state index contributed by atoms with van der Waals surface area (Å²) in [6.07, 6.45) is 7.14. The van der Waals surface area contributed by atoms with Gasteiger partial charge in [-0.2, -0.15) is 0 Å². The van der Waals surface area contributed by atoms with E-state index >= 15 is 0 Å². The monoisotopic (exact) mass is 327 g/mol. The van der Waals surface area contributed by atoms with Crippen LogP contribution in [0.25, 0.3) is 5.57 Å². The van der Waals surface area contributed by atoms with E-state index in [0.29, 0.717) is 0 Å². The van der Waals surface area contributed by atoms with E-state index in [0.717, 1.165) is 57.6 Å². The van der Waals surface area contributed by atoms with Gasteiger partial charge in [-0.25, -0.2) is 0 Å². The van der Waals surface area contributed by atoms with E-state index in [-0.39, 0.29) is 0 Å². The number of aliphatic imine (C=N–C) groups is 1. The molecule has 0 bridgehead atoms. The molecule has 24 heavy (non-hydrogen) atoms. The van der Waals surface area contributed by atoms with Gasteiger partial charge in [0.25, 0.3) is 0 Å². The zero-order valence-corrected chi connectivity index (χ0v) is 14.7. The van der Waals surface area contributed by atoms with Gasteiger partial charge in [0.15, 0.2) is 5.96 Å². The predicted octanol–water partition coefficient (Wildman–Crippen LogP) is 3.17. The quantitative estimate of drug-likeness (QED) is 0.475. The molecule has 1 aromatic rings. The normalized spacial score (nSPS) is 18.5. The maximum atomic E-state index is 5.68. The fraction of sp³-hybridized carbons (Fsp3) is 0.550. The van der Waals surface area contributed by atoms with Crippen molar-refractivity contribution in [2.45, 2.75) is 25.7 Å². The molecule has 1 heterocycles. The van der Waals surface area contributed by atoms with E-state index in [2.05, 4.69) is 51.6 Å².